The van der Waals surface area contributed by atoms with Crippen LogP contribution in [-0.2, 0) is 0 Å². The molecule has 2 aromatic rings. The maximum atomic E-state index is 7.67. The number of hydrogen-bond donors (Lipinski definition) is 2. The molecule has 0 unspecified atom stereocenters. The molecular weight excluding hydrogens is 262 g/mol. The number of hydrogen-bond acceptors (Lipinski definition) is 3. The van der Waals surface area contributed by atoms with Crippen molar-refractivity contribution in [3.8, 4) is 5.75 Å². The molecule has 2 aromatic carbocycles. The first-order valence-electron chi connectivity index (χ1n) is 7.47. The lowest BCUT2D eigenvalue weighted by atomic mass is 10.0. The average molecular weight is 283 g/mol. The second kappa shape index (κ2) is 6.14. The zero-order valence-electron chi connectivity index (χ0n) is 12.1. The number of benzene rings is 2. The third-order valence-electron chi connectivity index (χ3n) is 4.04. The lowest BCUT2D eigenvalue weighted by Crippen LogP contribution is -2.25. The molecule has 0 amide bonds. The van der Waals surface area contributed by atoms with Gasteiger partial charge in [0.15, 0.2) is 0 Å². The molecule has 4 nitrogen and oxygen atoms in total. The van der Waals surface area contributed by atoms with Crippen LogP contribution in [0.25, 0.3) is 10.8 Å². The Morgan fingerprint density at radius 2 is 1.81 bits per heavy atom. The number of fused-ring (bicyclic) bond motifs is 1. The SMILES string of the molecule is N=C(N)c1ccc(OCCN2CCCC2)c2ccccc12. The van der Waals surface area contributed by atoms with Crippen LogP contribution in [0.15, 0.2) is 36.4 Å². The highest BCUT2D eigenvalue weighted by molar-refractivity contribution is 6.09. The third kappa shape index (κ3) is 3.00. The van der Waals surface area contributed by atoms with Gasteiger partial charge >= 0.3 is 0 Å². The van der Waals surface area contributed by atoms with Crippen molar-refractivity contribution in [2.24, 2.45) is 5.73 Å². The monoisotopic (exact) mass is 283 g/mol. The zero-order chi connectivity index (χ0) is 14.7. The highest BCUT2D eigenvalue weighted by Gasteiger charge is 2.12. The van der Waals surface area contributed by atoms with Crippen molar-refractivity contribution in [1.82, 2.24) is 4.90 Å². The van der Waals surface area contributed by atoms with E-state index in [4.69, 9.17) is 15.9 Å². The van der Waals surface area contributed by atoms with E-state index in [-0.39, 0.29) is 5.84 Å². The number of nitrogen functional groups attached to an aromatic ring is 1. The van der Waals surface area contributed by atoms with Gasteiger partial charge in [-0.25, -0.2) is 0 Å². The van der Waals surface area contributed by atoms with Crippen LogP contribution in [0.3, 0.4) is 0 Å². The first-order valence-corrected chi connectivity index (χ1v) is 7.47. The van der Waals surface area contributed by atoms with Gasteiger partial charge in [0.2, 0.25) is 0 Å². The average Bonchev–Trinajstić information content (AvgIpc) is 3.00. The van der Waals surface area contributed by atoms with Crippen LogP contribution in [0.1, 0.15) is 18.4 Å². The van der Waals surface area contributed by atoms with Crippen molar-refractivity contribution in [3.05, 3.63) is 42.0 Å². The van der Waals surface area contributed by atoms with Gasteiger partial charge in [0.25, 0.3) is 0 Å². The van der Waals surface area contributed by atoms with Crippen LogP contribution in [0.2, 0.25) is 0 Å². The molecule has 0 spiro atoms. The fourth-order valence-corrected chi connectivity index (χ4v) is 2.92. The molecule has 0 bridgehead atoms. The minimum Gasteiger partial charge on any atom is -0.492 e. The molecular formula is C17H21N3O. The van der Waals surface area contributed by atoms with E-state index in [1.54, 1.807) is 0 Å². The number of nitrogens with two attached hydrogens (primary N) is 1. The minimum atomic E-state index is 0.0924. The van der Waals surface area contributed by atoms with Gasteiger partial charge in [-0.1, -0.05) is 24.3 Å². The summed E-state index contributed by atoms with van der Waals surface area (Å²) in [7, 11) is 0. The molecule has 3 N–H and O–H groups in total. The van der Waals surface area contributed by atoms with Crippen LogP contribution >= 0.6 is 0 Å². The summed E-state index contributed by atoms with van der Waals surface area (Å²) >= 11 is 0. The maximum absolute atomic E-state index is 7.67. The molecule has 0 aliphatic carbocycles. The number of rotatable bonds is 5. The van der Waals surface area contributed by atoms with Crippen molar-refractivity contribution in [2.45, 2.75) is 12.8 Å². The van der Waals surface area contributed by atoms with E-state index >= 15 is 0 Å². The van der Waals surface area contributed by atoms with E-state index in [1.165, 1.54) is 25.9 Å². The summed E-state index contributed by atoms with van der Waals surface area (Å²) in [4.78, 5) is 2.44. The molecule has 1 saturated heterocycles. The largest absolute Gasteiger partial charge is 0.492 e. The molecule has 110 valence electrons. The van der Waals surface area contributed by atoms with E-state index in [2.05, 4.69) is 4.90 Å². The van der Waals surface area contributed by atoms with Gasteiger partial charge in [0, 0.05) is 17.5 Å². The molecule has 0 saturated carbocycles. The smallest absolute Gasteiger partial charge is 0.127 e. The fraction of sp³-hybridized carbons (Fsp3) is 0.353. The molecule has 1 aliphatic rings. The van der Waals surface area contributed by atoms with Crippen LogP contribution in [0.4, 0.5) is 0 Å². The highest BCUT2D eigenvalue weighted by Crippen LogP contribution is 2.28. The predicted molar refractivity (Wildman–Crippen MR) is 86.1 cm³/mol. The number of likely N-dealkylation sites (tertiary alicyclic amines) is 1. The van der Waals surface area contributed by atoms with Gasteiger partial charge < -0.3 is 10.5 Å². The lowest BCUT2D eigenvalue weighted by molar-refractivity contribution is 0.239. The first-order chi connectivity index (χ1) is 10.3. The van der Waals surface area contributed by atoms with Gasteiger partial charge in [-0.15, -0.1) is 0 Å². The van der Waals surface area contributed by atoms with Crippen LogP contribution in [0.5, 0.6) is 5.75 Å². The second-order valence-electron chi connectivity index (χ2n) is 5.47. The number of nitrogens with zero attached hydrogens (tertiary/aromatic N) is 1. The van der Waals surface area contributed by atoms with E-state index in [1.807, 2.05) is 36.4 Å². The topological polar surface area (TPSA) is 62.3 Å². The molecule has 1 fully saturated rings. The standard InChI is InChI=1S/C17H21N3O/c18-17(19)15-7-8-16(14-6-2-1-5-13(14)15)21-12-11-20-9-3-4-10-20/h1-2,5-8H,3-4,9-12H2,(H3,18,19). The number of amidine groups is 1. The Balaban J connectivity index is 1.79. The summed E-state index contributed by atoms with van der Waals surface area (Å²) in [5.41, 5.74) is 6.41. The Morgan fingerprint density at radius 1 is 1.10 bits per heavy atom. The van der Waals surface area contributed by atoms with E-state index in [9.17, 15) is 0 Å². The molecule has 1 heterocycles. The van der Waals surface area contributed by atoms with Gasteiger partial charge in [-0.2, -0.15) is 0 Å². The van der Waals surface area contributed by atoms with E-state index in [0.717, 1.165) is 28.6 Å². The number of nitrogens with one attached hydrogen (secondary N) is 1. The summed E-state index contributed by atoms with van der Waals surface area (Å²) in [6, 6.07) is 11.7. The van der Waals surface area contributed by atoms with E-state index < -0.39 is 0 Å². The Morgan fingerprint density at radius 3 is 2.52 bits per heavy atom. The van der Waals surface area contributed by atoms with Crippen LogP contribution in [-0.4, -0.2) is 37.0 Å². The molecule has 3 rings (SSSR count). The van der Waals surface area contributed by atoms with Crippen LogP contribution < -0.4 is 10.5 Å². The van der Waals surface area contributed by atoms with Crippen molar-refractivity contribution >= 4 is 16.6 Å². The Hall–Kier alpha value is -2.07. The minimum absolute atomic E-state index is 0.0924. The summed E-state index contributed by atoms with van der Waals surface area (Å²) in [5.74, 6) is 0.963. The summed E-state index contributed by atoms with van der Waals surface area (Å²) < 4.78 is 5.96. The summed E-state index contributed by atoms with van der Waals surface area (Å²) in [6.07, 6.45) is 2.60. The predicted octanol–water partition coefficient (Wildman–Crippen LogP) is 2.60. The van der Waals surface area contributed by atoms with Crippen molar-refractivity contribution < 1.29 is 4.74 Å². The molecule has 0 aromatic heterocycles. The third-order valence-corrected chi connectivity index (χ3v) is 4.04. The first kappa shape index (κ1) is 13.9. The van der Waals surface area contributed by atoms with Crippen molar-refractivity contribution in [1.29, 1.82) is 5.41 Å². The highest BCUT2D eigenvalue weighted by atomic mass is 16.5. The van der Waals surface area contributed by atoms with Crippen LogP contribution in [0, 0.1) is 5.41 Å². The van der Waals surface area contributed by atoms with Gasteiger partial charge in [-0.3, -0.25) is 10.3 Å². The Kier molecular flexibility index (Phi) is 4.06. The molecule has 1 aliphatic heterocycles. The normalized spacial score (nSPS) is 15.4. The Bertz CT molecular complexity index is 648. The summed E-state index contributed by atoms with van der Waals surface area (Å²) in [6.45, 7) is 4.05. The molecule has 0 radical (unpaired) electrons. The van der Waals surface area contributed by atoms with Gasteiger partial charge in [-0.05, 0) is 43.5 Å². The fourth-order valence-electron chi connectivity index (χ4n) is 2.92. The molecule has 21 heavy (non-hydrogen) atoms. The Labute approximate surface area is 125 Å². The second-order valence-corrected chi connectivity index (χ2v) is 5.47. The maximum Gasteiger partial charge on any atom is 0.127 e. The zero-order valence-corrected chi connectivity index (χ0v) is 12.1. The van der Waals surface area contributed by atoms with Crippen molar-refractivity contribution in [3.63, 3.8) is 0 Å². The van der Waals surface area contributed by atoms with Gasteiger partial charge in [0.1, 0.15) is 18.2 Å². The summed E-state index contributed by atoms with van der Waals surface area (Å²) in [5, 5.41) is 9.67. The van der Waals surface area contributed by atoms with Crippen molar-refractivity contribution in [2.75, 3.05) is 26.2 Å². The van der Waals surface area contributed by atoms with E-state index in [0.29, 0.717) is 6.61 Å². The molecule has 0 atom stereocenters. The van der Waals surface area contributed by atoms with Gasteiger partial charge in [0.05, 0.1) is 0 Å². The molecule has 4 heteroatoms. The number of ether oxygens (including phenoxy) is 1. The quantitative estimate of drug-likeness (QED) is 0.655. The lowest BCUT2D eigenvalue weighted by Gasteiger charge is -2.16.